The Morgan fingerprint density at radius 2 is 1.42 bits per heavy atom. The third-order valence-corrected chi connectivity index (χ3v) is 14.2. The Labute approximate surface area is 434 Å². The Kier molecular flexibility index (Phi) is 14.7. The summed E-state index contributed by atoms with van der Waals surface area (Å²) in [5.41, 5.74) is 1.14. The molecule has 0 saturated carbocycles. The molecule has 2 saturated heterocycles. The maximum Gasteiger partial charge on any atom is 0.336 e. The van der Waals surface area contributed by atoms with Crippen LogP contribution in [-0.2, 0) is 39.1 Å². The molecule has 4 aromatic heterocycles. The van der Waals surface area contributed by atoms with Crippen LogP contribution in [0.25, 0.3) is 22.3 Å². The molecular formula is C52H53N11O12S. The number of methoxy groups -OCH3 is 2. The number of aliphatic hydroxyl groups excluding tert-OH is 1. The van der Waals surface area contributed by atoms with Crippen molar-refractivity contribution in [1.29, 1.82) is 0 Å². The average Bonchev–Trinajstić information content (AvgIpc) is 4.26. The molecule has 2 aliphatic heterocycles. The van der Waals surface area contributed by atoms with Crippen LogP contribution in [0.5, 0.6) is 11.5 Å². The fourth-order valence-corrected chi connectivity index (χ4v) is 10.2. The van der Waals surface area contributed by atoms with Crippen molar-refractivity contribution in [1.82, 2.24) is 43.8 Å². The summed E-state index contributed by atoms with van der Waals surface area (Å²) in [5.74, 6) is 0.0657. The zero-order valence-corrected chi connectivity index (χ0v) is 42.3. The first-order valence-electron chi connectivity index (χ1n) is 24.2. The summed E-state index contributed by atoms with van der Waals surface area (Å²) in [5, 5.41) is 16.6. The molecule has 76 heavy (non-hydrogen) atoms. The van der Waals surface area contributed by atoms with Crippen molar-refractivity contribution in [3.05, 3.63) is 161 Å². The van der Waals surface area contributed by atoms with Gasteiger partial charge in [0.2, 0.25) is 11.9 Å². The highest BCUT2D eigenvalue weighted by Crippen LogP contribution is 2.44. The van der Waals surface area contributed by atoms with E-state index in [1.54, 1.807) is 63.0 Å². The number of aromatic nitrogens is 8. The summed E-state index contributed by atoms with van der Waals surface area (Å²) in [6.45, 7) is 2.79. The van der Waals surface area contributed by atoms with E-state index in [1.165, 1.54) is 23.5 Å². The van der Waals surface area contributed by atoms with E-state index in [0.29, 0.717) is 17.1 Å². The Morgan fingerprint density at radius 3 is 2.08 bits per heavy atom. The van der Waals surface area contributed by atoms with Crippen LogP contribution in [0, 0.1) is 5.92 Å². The molecule has 8 aromatic rings. The van der Waals surface area contributed by atoms with Gasteiger partial charge in [-0.3, -0.25) is 38.0 Å². The van der Waals surface area contributed by atoms with Crippen LogP contribution in [0.2, 0.25) is 0 Å². The number of carbonyl (C=O) groups excluding carboxylic acids is 2. The molecule has 2 aliphatic rings. The number of benzene rings is 4. The number of rotatable bonds is 19. The number of amides is 2. The summed E-state index contributed by atoms with van der Waals surface area (Å²) >= 11 is 0. The largest absolute Gasteiger partial charge is 0.497 e. The molecule has 23 nitrogen and oxygen atoms in total. The van der Waals surface area contributed by atoms with Crippen molar-refractivity contribution >= 4 is 56.2 Å². The maximum absolute atomic E-state index is 14.2. The Balaban J connectivity index is 0.937. The molecule has 0 radical (unpaired) electrons. The first kappa shape index (κ1) is 51.5. The second-order valence-corrected chi connectivity index (χ2v) is 19.7. The van der Waals surface area contributed by atoms with Crippen molar-refractivity contribution in [3.63, 3.8) is 0 Å². The molecule has 24 heteroatoms. The minimum atomic E-state index is -4.64. The summed E-state index contributed by atoms with van der Waals surface area (Å²) in [4.78, 5) is 62.9. The number of carbonyl (C=O) groups is 2. The molecule has 2 amide bonds. The molecule has 2 fully saturated rings. The normalized spacial score (nSPS) is 19.8. The topological polar surface area (TPSA) is 287 Å². The van der Waals surface area contributed by atoms with Crippen molar-refractivity contribution in [2.45, 2.75) is 69.2 Å². The van der Waals surface area contributed by atoms with E-state index in [1.807, 2.05) is 78.9 Å². The monoisotopic (exact) mass is 1060 g/mol. The number of hydrogen-bond donors (Lipinski definition) is 5. The Morgan fingerprint density at radius 1 is 0.789 bits per heavy atom. The van der Waals surface area contributed by atoms with Crippen molar-refractivity contribution in [3.8, 4) is 11.5 Å². The number of nitrogens with one attached hydrogen (secondary N) is 4. The van der Waals surface area contributed by atoms with E-state index in [9.17, 15) is 27.9 Å². The number of imidazole rings is 2. The number of hydrogen-bond acceptors (Lipinski definition) is 17. The van der Waals surface area contributed by atoms with Crippen molar-refractivity contribution < 1.29 is 51.0 Å². The van der Waals surface area contributed by atoms with Gasteiger partial charge in [0.05, 0.1) is 39.6 Å². The number of H-pyrrole nitrogens is 1. The first-order valence-corrected chi connectivity index (χ1v) is 25.6. The molecule has 10 rings (SSSR count). The van der Waals surface area contributed by atoms with Crippen molar-refractivity contribution in [2.24, 2.45) is 5.92 Å². The summed E-state index contributed by atoms with van der Waals surface area (Å²) < 4.78 is 71.0. The fourth-order valence-electron chi connectivity index (χ4n) is 9.26. The van der Waals surface area contributed by atoms with Crippen molar-refractivity contribution in [2.75, 3.05) is 38.0 Å². The lowest BCUT2D eigenvalue weighted by Crippen LogP contribution is -2.41. The lowest BCUT2D eigenvalue weighted by molar-refractivity contribution is -0.118. The van der Waals surface area contributed by atoms with Crippen LogP contribution in [0.1, 0.15) is 66.2 Å². The third-order valence-electron chi connectivity index (χ3n) is 13.1. The molecule has 0 aliphatic carbocycles. The zero-order valence-electron chi connectivity index (χ0n) is 41.5. The smallest absolute Gasteiger partial charge is 0.336 e. The lowest BCUT2D eigenvalue weighted by Gasteiger charge is -2.37. The molecule has 394 valence electrons. The number of nitrogens with zero attached hydrogens (tertiary/aromatic N) is 7. The predicted octanol–water partition coefficient (Wildman–Crippen LogP) is 4.99. The van der Waals surface area contributed by atoms with E-state index >= 15 is 0 Å². The molecule has 0 bridgehead atoms. The van der Waals surface area contributed by atoms with Crippen LogP contribution in [-0.4, -0.2) is 116 Å². The summed E-state index contributed by atoms with van der Waals surface area (Å²) in [7, 11) is -1.48. The number of fused-ring (bicyclic) bond motifs is 2. The molecular weight excluding hydrogens is 1000 g/mol. The van der Waals surface area contributed by atoms with Crippen LogP contribution < -0.4 is 30.4 Å². The van der Waals surface area contributed by atoms with Gasteiger partial charge in [-0.15, -0.1) is 0 Å². The lowest BCUT2D eigenvalue weighted by atomic mass is 9.80. The number of anilines is 2. The van der Waals surface area contributed by atoms with Gasteiger partial charge in [0.15, 0.2) is 34.4 Å². The van der Waals surface area contributed by atoms with Crippen LogP contribution in [0.15, 0.2) is 133 Å². The van der Waals surface area contributed by atoms with E-state index in [0.717, 1.165) is 16.7 Å². The van der Waals surface area contributed by atoms with Gasteiger partial charge in [0.1, 0.15) is 48.0 Å². The highest BCUT2D eigenvalue weighted by atomic mass is 32.2. The van der Waals surface area contributed by atoms with Crippen LogP contribution >= 0.6 is 0 Å². The number of aliphatic hydroxyl groups is 1. The van der Waals surface area contributed by atoms with Crippen LogP contribution in [0.4, 0.5) is 11.8 Å². The minimum absolute atomic E-state index is 0.0281. The predicted molar refractivity (Wildman–Crippen MR) is 274 cm³/mol. The molecule has 6 heterocycles. The van der Waals surface area contributed by atoms with Gasteiger partial charge in [-0.2, -0.15) is 18.1 Å². The maximum atomic E-state index is 14.2. The zero-order chi connectivity index (χ0) is 53.1. The second kappa shape index (κ2) is 21.7. The van der Waals surface area contributed by atoms with Crippen LogP contribution in [0.3, 0.4) is 0 Å². The van der Waals surface area contributed by atoms with Gasteiger partial charge in [0.25, 0.3) is 11.5 Å². The van der Waals surface area contributed by atoms with Gasteiger partial charge < -0.3 is 34.1 Å². The SMILES string of the molecule is COc1ccc(C(OC[C@H]2O[C@@H](n3cnc4c(NC(=O)c5ccccc5)ncnc43)C[C@@H]2OS(=O)(=O)NC[C@@H]2C[C@@H](O)[C@H](n3cnc4c(=O)[nH]c(NC(=O)C(C)C)nc43)O2)(c2ccccc2)c2ccc(OC)cc2)cc1. The molecule has 0 spiro atoms. The van der Waals surface area contributed by atoms with E-state index in [4.69, 9.17) is 27.9 Å². The standard InChI is InChI=1S/C52H53N11O12S/c1-30(2)47(65)60-51-59-46-43(49(67)61-51)56-29-63(46)50-38(64)23-37(73-50)25-57-76(68,69)75-39-24-41(62-28-55-42-44(53-27-54-45(42)62)58-48(66)31-11-7-5-8-12-31)74-40(39)26-72-52(32-13-9-6-10-14-32,33-15-19-35(70-3)20-16-33)34-17-21-36(71-4)22-18-34/h5-22,27-30,37-41,50,57,64H,23-26H2,1-4H3,(H,53,54,58,66)(H2,59,60,61,65,67)/t37-,38+,39-,40+,41+,50+/m0/s1. The first-order chi connectivity index (χ1) is 36.7. The van der Waals surface area contributed by atoms with Gasteiger partial charge in [-0.05, 0) is 53.1 Å². The molecule has 0 unspecified atom stereocenters. The number of ether oxygens (including phenoxy) is 5. The highest BCUT2D eigenvalue weighted by molar-refractivity contribution is 7.84. The molecule has 4 aromatic carbocycles. The van der Waals surface area contributed by atoms with E-state index in [-0.39, 0.29) is 66.0 Å². The second-order valence-electron chi connectivity index (χ2n) is 18.3. The average molecular weight is 1060 g/mol. The van der Waals surface area contributed by atoms with E-state index in [2.05, 4.69) is 45.3 Å². The fraction of sp³-hybridized carbons (Fsp3) is 0.308. The molecule has 5 N–H and O–H groups in total. The third kappa shape index (κ3) is 10.5. The minimum Gasteiger partial charge on any atom is -0.497 e. The van der Waals surface area contributed by atoms with Gasteiger partial charge >= 0.3 is 10.3 Å². The summed E-state index contributed by atoms with van der Waals surface area (Å²) in [6, 6.07) is 33.0. The number of aromatic amines is 1. The Bertz CT molecular complexity index is 3480. The summed E-state index contributed by atoms with van der Waals surface area (Å²) in [6.07, 6.45) is -2.48. The van der Waals surface area contributed by atoms with Gasteiger partial charge in [-0.1, -0.05) is 86.6 Å². The highest BCUT2D eigenvalue weighted by Gasteiger charge is 2.45. The van der Waals surface area contributed by atoms with E-state index < -0.39 is 70.2 Å². The quantitative estimate of drug-likeness (QED) is 0.0667. The van der Waals surface area contributed by atoms with Gasteiger partial charge in [0, 0.05) is 30.9 Å². The molecule has 6 atom stereocenters. The Hall–Kier alpha value is -7.97. The van der Waals surface area contributed by atoms with Gasteiger partial charge in [-0.25, -0.2) is 19.9 Å².